The monoisotopic (exact) mass is 406 g/mol. The van der Waals surface area contributed by atoms with Crippen LogP contribution >= 0.6 is 22.9 Å². The molecule has 1 unspecified atom stereocenters. The number of thiophene rings is 1. The number of nitrogens with one attached hydrogen (secondary N) is 2. The van der Waals surface area contributed by atoms with E-state index < -0.39 is 6.03 Å². The maximum Gasteiger partial charge on any atom is 0.341 e. The topological polar surface area (TPSA) is 67.4 Å². The van der Waals surface area contributed by atoms with Crippen molar-refractivity contribution in [2.24, 2.45) is 5.92 Å². The van der Waals surface area contributed by atoms with Crippen LogP contribution in [0.15, 0.2) is 24.3 Å². The molecule has 1 atom stereocenters. The summed E-state index contributed by atoms with van der Waals surface area (Å²) in [4.78, 5) is 26.3. The summed E-state index contributed by atoms with van der Waals surface area (Å²) < 4.78 is 5.42. The van der Waals surface area contributed by atoms with Gasteiger partial charge >= 0.3 is 12.0 Å². The molecule has 0 bridgehead atoms. The minimum Gasteiger partial charge on any atom is -0.459 e. The quantitative estimate of drug-likeness (QED) is 0.636. The van der Waals surface area contributed by atoms with Gasteiger partial charge in [0, 0.05) is 15.6 Å². The molecule has 0 radical (unpaired) electrons. The summed E-state index contributed by atoms with van der Waals surface area (Å²) in [5.74, 6) is 0.188. The summed E-state index contributed by atoms with van der Waals surface area (Å²) in [5.41, 5.74) is 2.10. The van der Waals surface area contributed by atoms with Crippen molar-refractivity contribution in [1.29, 1.82) is 0 Å². The van der Waals surface area contributed by atoms with Crippen molar-refractivity contribution in [2.45, 2.75) is 46.1 Å². The first kappa shape index (κ1) is 19.7. The van der Waals surface area contributed by atoms with Crippen molar-refractivity contribution in [3.63, 3.8) is 0 Å². The van der Waals surface area contributed by atoms with Crippen LogP contribution in [0, 0.1) is 5.92 Å². The molecular weight excluding hydrogens is 384 g/mol. The standard InChI is InChI=1S/C20H23ClN2O3S/c1-11(2)26-19(24)17-15-8-7-12(3)9-16(15)27-18(17)23-20(25)22-14-6-4-5-13(21)10-14/h4-6,10-12H,7-9H2,1-3H3,(H2,22,23,25). The zero-order valence-electron chi connectivity index (χ0n) is 15.6. The van der Waals surface area contributed by atoms with Crippen LogP contribution in [0.1, 0.15) is 48.0 Å². The Morgan fingerprint density at radius 3 is 2.78 bits per heavy atom. The zero-order chi connectivity index (χ0) is 19.6. The van der Waals surface area contributed by atoms with E-state index in [1.165, 1.54) is 11.3 Å². The molecule has 0 saturated heterocycles. The lowest BCUT2D eigenvalue weighted by Crippen LogP contribution is -2.21. The number of hydrogen-bond donors (Lipinski definition) is 2. The van der Waals surface area contributed by atoms with Gasteiger partial charge in [-0.05, 0) is 62.8 Å². The molecular formula is C20H23ClN2O3S. The molecule has 0 aliphatic heterocycles. The van der Waals surface area contributed by atoms with E-state index in [1.54, 1.807) is 24.3 Å². The fourth-order valence-corrected chi connectivity index (χ4v) is 4.74. The molecule has 1 heterocycles. The Kier molecular flexibility index (Phi) is 6.07. The molecule has 2 amide bonds. The predicted molar refractivity (Wildman–Crippen MR) is 110 cm³/mol. The highest BCUT2D eigenvalue weighted by Crippen LogP contribution is 2.40. The second-order valence-electron chi connectivity index (χ2n) is 7.10. The van der Waals surface area contributed by atoms with Crippen LogP contribution in [0.25, 0.3) is 0 Å². The van der Waals surface area contributed by atoms with E-state index in [0.717, 1.165) is 29.7 Å². The molecule has 7 heteroatoms. The summed E-state index contributed by atoms with van der Waals surface area (Å²) in [6, 6.07) is 6.49. The lowest BCUT2D eigenvalue weighted by Gasteiger charge is -2.18. The fraction of sp³-hybridized carbons (Fsp3) is 0.400. The smallest absolute Gasteiger partial charge is 0.341 e. The second-order valence-corrected chi connectivity index (χ2v) is 8.64. The van der Waals surface area contributed by atoms with Crippen LogP contribution in [0.5, 0.6) is 0 Å². The van der Waals surface area contributed by atoms with Crippen LogP contribution in [-0.2, 0) is 17.6 Å². The van der Waals surface area contributed by atoms with E-state index in [9.17, 15) is 9.59 Å². The first-order valence-corrected chi connectivity index (χ1v) is 10.2. The number of carbonyl (C=O) groups is 2. The van der Waals surface area contributed by atoms with Crippen LogP contribution in [-0.4, -0.2) is 18.1 Å². The van der Waals surface area contributed by atoms with E-state index >= 15 is 0 Å². The third kappa shape index (κ3) is 4.82. The Morgan fingerprint density at radius 2 is 2.07 bits per heavy atom. The molecule has 2 aromatic rings. The maximum atomic E-state index is 12.7. The highest BCUT2D eigenvalue weighted by Gasteiger charge is 2.29. The van der Waals surface area contributed by atoms with Crippen LogP contribution in [0.3, 0.4) is 0 Å². The molecule has 27 heavy (non-hydrogen) atoms. The Hall–Kier alpha value is -2.05. The van der Waals surface area contributed by atoms with Crippen molar-refractivity contribution < 1.29 is 14.3 Å². The van der Waals surface area contributed by atoms with Crippen molar-refractivity contribution >= 4 is 45.6 Å². The molecule has 5 nitrogen and oxygen atoms in total. The number of rotatable bonds is 4. The first-order chi connectivity index (χ1) is 12.8. The minimum atomic E-state index is -0.414. The van der Waals surface area contributed by atoms with E-state index in [1.807, 2.05) is 13.8 Å². The Morgan fingerprint density at radius 1 is 1.30 bits per heavy atom. The van der Waals surface area contributed by atoms with Gasteiger partial charge in [0.2, 0.25) is 0 Å². The first-order valence-electron chi connectivity index (χ1n) is 9.02. The number of anilines is 2. The SMILES string of the molecule is CC1CCc2c(sc(NC(=O)Nc3cccc(Cl)c3)c2C(=O)OC(C)C)C1. The van der Waals surface area contributed by atoms with Gasteiger partial charge < -0.3 is 10.1 Å². The minimum absolute atomic E-state index is 0.219. The number of carbonyl (C=O) groups excluding carboxylic acids is 2. The fourth-order valence-electron chi connectivity index (χ4n) is 3.16. The average Bonchev–Trinajstić information content (AvgIpc) is 2.90. The Bertz CT molecular complexity index is 863. The average molecular weight is 407 g/mol. The van der Waals surface area contributed by atoms with Gasteiger partial charge in [-0.3, -0.25) is 5.32 Å². The third-order valence-electron chi connectivity index (χ3n) is 4.37. The largest absolute Gasteiger partial charge is 0.459 e. The number of fused-ring (bicyclic) bond motifs is 1. The molecule has 1 aliphatic carbocycles. The lowest BCUT2D eigenvalue weighted by molar-refractivity contribution is 0.0378. The van der Waals surface area contributed by atoms with Crippen molar-refractivity contribution in [1.82, 2.24) is 0 Å². The van der Waals surface area contributed by atoms with Crippen molar-refractivity contribution in [3.8, 4) is 0 Å². The predicted octanol–water partition coefficient (Wildman–Crippen LogP) is 5.74. The van der Waals surface area contributed by atoms with Crippen molar-refractivity contribution in [2.75, 3.05) is 10.6 Å². The van der Waals surface area contributed by atoms with Gasteiger partial charge in [0.25, 0.3) is 0 Å². The highest BCUT2D eigenvalue weighted by atomic mass is 35.5. The van der Waals surface area contributed by atoms with Gasteiger partial charge in [0.15, 0.2) is 0 Å². The summed E-state index contributed by atoms with van der Waals surface area (Å²) in [5, 5.41) is 6.65. The Labute approximate surface area is 168 Å². The summed E-state index contributed by atoms with van der Waals surface area (Å²) >= 11 is 7.42. The third-order valence-corrected chi connectivity index (χ3v) is 5.77. The van der Waals surface area contributed by atoms with E-state index in [-0.39, 0.29) is 12.1 Å². The van der Waals surface area contributed by atoms with Gasteiger partial charge in [-0.15, -0.1) is 11.3 Å². The zero-order valence-corrected chi connectivity index (χ0v) is 17.2. The number of esters is 1. The maximum absolute atomic E-state index is 12.7. The summed E-state index contributed by atoms with van der Waals surface area (Å²) in [6.07, 6.45) is 2.55. The normalized spacial score (nSPS) is 16.0. The molecule has 144 valence electrons. The lowest BCUT2D eigenvalue weighted by atomic mass is 9.88. The van der Waals surface area contributed by atoms with E-state index in [4.69, 9.17) is 16.3 Å². The highest BCUT2D eigenvalue weighted by molar-refractivity contribution is 7.17. The van der Waals surface area contributed by atoms with Gasteiger partial charge in [-0.25, -0.2) is 9.59 Å². The molecule has 3 rings (SSSR count). The van der Waals surface area contributed by atoms with Crippen LogP contribution in [0.2, 0.25) is 5.02 Å². The number of hydrogen-bond acceptors (Lipinski definition) is 4. The molecule has 1 aromatic carbocycles. The van der Waals surface area contributed by atoms with Crippen LogP contribution < -0.4 is 10.6 Å². The number of urea groups is 1. The van der Waals surface area contributed by atoms with Gasteiger partial charge in [-0.1, -0.05) is 24.6 Å². The van der Waals surface area contributed by atoms with E-state index in [0.29, 0.717) is 27.2 Å². The molecule has 0 spiro atoms. The van der Waals surface area contributed by atoms with Gasteiger partial charge in [-0.2, -0.15) is 0 Å². The molecule has 2 N–H and O–H groups in total. The summed E-state index contributed by atoms with van der Waals surface area (Å²) in [6.45, 7) is 5.84. The molecule has 0 saturated carbocycles. The number of benzene rings is 1. The number of amides is 2. The summed E-state index contributed by atoms with van der Waals surface area (Å²) in [7, 11) is 0. The van der Waals surface area contributed by atoms with Crippen molar-refractivity contribution in [3.05, 3.63) is 45.3 Å². The molecule has 0 fully saturated rings. The Balaban J connectivity index is 1.85. The molecule has 1 aliphatic rings. The number of ether oxygens (including phenoxy) is 1. The second kappa shape index (κ2) is 8.31. The van der Waals surface area contributed by atoms with Crippen LogP contribution in [0.4, 0.5) is 15.5 Å². The van der Waals surface area contributed by atoms with Gasteiger partial charge in [0.05, 0.1) is 11.7 Å². The van der Waals surface area contributed by atoms with Gasteiger partial charge in [0.1, 0.15) is 5.00 Å². The molecule has 1 aromatic heterocycles. The van der Waals surface area contributed by atoms with E-state index in [2.05, 4.69) is 17.6 Å². The number of halogens is 1.